The van der Waals surface area contributed by atoms with Crippen LogP contribution >= 0.6 is 0 Å². The molecule has 0 amide bonds. The van der Waals surface area contributed by atoms with E-state index in [-0.39, 0.29) is 12.1 Å². The first-order valence-electron chi connectivity index (χ1n) is 4.14. The summed E-state index contributed by atoms with van der Waals surface area (Å²) in [6.07, 6.45) is 2.17. The van der Waals surface area contributed by atoms with E-state index in [0.29, 0.717) is 11.8 Å². The number of nitrogens with two attached hydrogens (primary N) is 1. The second-order valence-electron chi connectivity index (χ2n) is 3.94. The maximum atomic E-state index is 9.48. The third-order valence-corrected chi connectivity index (χ3v) is 3.35. The van der Waals surface area contributed by atoms with Crippen LogP contribution in [0.4, 0.5) is 0 Å². The Morgan fingerprint density at radius 1 is 1.40 bits per heavy atom. The molecular formula is C8H15NO. The van der Waals surface area contributed by atoms with Gasteiger partial charge in [0.05, 0.1) is 6.10 Å². The van der Waals surface area contributed by atoms with E-state index in [1.54, 1.807) is 0 Å². The molecule has 10 heavy (non-hydrogen) atoms. The van der Waals surface area contributed by atoms with Crippen molar-refractivity contribution in [1.82, 2.24) is 0 Å². The Bertz CT molecular complexity index is 146. The van der Waals surface area contributed by atoms with Crippen LogP contribution in [0, 0.1) is 17.8 Å². The highest BCUT2D eigenvalue weighted by Crippen LogP contribution is 2.47. The first-order chi connectivity index (χ1) is 4.70. The second-order valence-corrected chi connectivity index (χ2v) is 3.94. The van der Waals surface area contributed by atoms with E-state index in [1.807, 2.05) is 0 Å². The standard InChI is InChI=1S/C8H15NO/c1-4-2-5-3-6(4)7(9)8(5)10/h4-8,10H,2-3,9H2,1H3. The van der Waals surface area contributed by atoms with Crippen molar-refractivity contribution >= 4 is 0 Å². The topological polar surface area (TPSA) is 46.2 Å². The van der Waals surface area contributed by atoms with Gasteiger partial charge in [0.15, 0.2) is 0 Å². The highest BCUT2D eigenvalue weighted by molar-refractivity contribution is 5.01. The molecular weight excluding hydrogens is 126 g/mol. The Balaban J connectivity index is 2.16. The van der Waals surface area contributed by atoms with E-state index in [4.69, 9.17) is 5.73 Å². The third kappa shape index (κ3) is 0.663. The van der Waals surface area contributed by atoms with Crippen LogP contribution in [0.2, 0.25) is 0 Å². The summed E-state index contributed by atoms with van der Waals surface area (Å²) in [5, 5.41) is 9.48. The lowest BCUT2D eigenvalue weighted by molar-refractivity contribution is 0.0785. The van der Waals surface area contributed by atoms with Crippen molar-refractivity contribution in [3.63, 3.8) is 0 Å². The van der Waals surface area contributed by atoms with E-state index < -0.39 is 0 Å². The Hall–Kier alpha value is -0.0800. The highest BCUT2D eigenvalue weighted by Gasteiger charge is 2.48. The van der Waals surface area contributed by atoms with Gasteiger partial charge in [-0.2, -0.15) is 0 Å². The zero-order valence-corrected chi connectivity index (χ0v) is 6.33. The lowest BCUT2D eigenvalue weighted by Crippen LogP contribution is -2.42. The number of hydrogen-bond acceptors (Lipinski definition) is 2. The van der Waals surface area contributed by atoms with Crippen molar-refractivity contribution in [2.75, 3.05) is 0 Å². The Labute approximate surface area is 61.4 Å². The van der Waals surface area contributed by atoms with Crippen molar-refractivity contribution in [2.24, 2.45) is 23.5 Å². The molecule has 2 fully saturated rings. The van der Waals surface area contributed by atoms with Gasteiger partial charge in [-0.25, -0.2) is 0 Å². The fraction of sp³-hybridized carbons (Fsp3) is 1.00. The lowest BCUT2D eigenvalue weighted by atomic mass is 9.85. The minimum absolute atomic E-state index is 0.0775. The van der Waals surface area contributed by atoms with Crippen LogP contribution in [0.15, 0.2) is 0 Å². The minimum atomic E-state index is -0.193. The molecule has 0 aromatic rings. The predicted molar refractivity (Wildman–Crippen MR) is 39.4 cm³/mol. The SMILES string of the molecule is CC1CC2CC1C(N)C2O. The first kappa shape index (κ1) is 6.62. The number of aliphatic hydroxyl groups excluding tert-OH is 1. The van der Waals surface area contributed by atoms with E-state index in [0.717, 1.165) is 5.92 Å². The normalized spacial score (nSPS) is 59.7. The van der Waals surface area contributed by atoms with Crippen molar-refractivity contribution in [3.05, 3.63) is 0 Å². The van der Waals surface area contributed by atoms with Crippen molar-refractivity contribution in [2.45, 2.75) is 31.9 Å². The van der Waals surface area contributed by atoms with Gasteiger partial charge in [-0.05, 0) is 30.6 Å². The maximum absolute atomic E-state index is 9.48. The molecule has 0 saturated heterocycles. The molecule has 2 nitrogen and oxygen atoms in total. The van der Waals surface area contributed by atoms with Crippen molar-refractivity contribution in [1.29, 1.82) is 0 Å². The molecule has 2 rings (SSSR count). The Morgan fingerprint density at radius 2 is 2.10 bits per heavy atom. The summed E-state index contributed by atoms with van der Waals surface area (Å²) in [5.74, 6) is 1.89. The van der Waals surface area contributed by atoms with Crippen LogP contribution in [-0.4, -0.2) is 17.3 Å². The van der Waals surface area contributed by atoms with Gasteiger partial charge in [-0.3, -0.25) is 0 Å². The van der Waals surface area contributed by atoms with Crippen molar-refractivity contribution < 1.29 is 5.11 Å². The fourth-order valence-corrected chi connectivity index (χ4v) is 2.71. The van der Waals surface area contributed by atoms with Gasteiger partial charge in [-0.1, -0.05) is 6.92 Å². The number of aliphatic hydroxyl groups is 1. The smallest absolute Gasteiger partial charge is 0.0722 e. The van der Waals surface area contributed by atoms with E-state index in [1.165, 1.54) is 12.8 Å². The summed E-state index contributed by atoms with van der Waals surface area (Å²) in [4.78, 5) is 0. The van der Waals surface area contributed by atoms with Gasteiger partial charge in [0.2, 0.25) is 0 Å². The Kier molecular flexibility index (Phi) is 1.29. The summed E-state index contributed by atoms with van der Waals surface area (Å²) in [6, 6.07) is 0.0775. The molecule has 0 aliphatic heterocycles. The highest BCUT2D eigenvalue weighted by atomic mass is 16.3. The molecule has 5 atom stereocenters. The van der Waals surface area contributed by atoms with Gasteiger partial charge >= 0.3 is 0 Å². The van der Waals surface area contributed by atoms with E-state index in [9.17, 15) is 5.11 Å². The third-order valence-electron chi connectivity index (χ3n) is 3.35. The number of fused-ring (bicyclic) bond motifs is 2. The summed E-state index contributed by atoms with van der Waals surface area (Å²) >= 11 is 0. The van der Waals surface area contributed by atoms with Crippen LogP contribution in [0.1, 0.15) is 19.8 Å². The van der Waals surface area contributed by atoms with Crippen LogP contribution < -0.4 is 5.73 Å². The van der Waals surface area contributed by atoms with Crippen LogP contribution in [0.5, 0.6) is 0 Å². The second kappa shape index (κ2) is 1.95. The quantitative estimate of drug-likeness (QED) is 0.511. The summed E-state index contributed by atoms with van der Waals surface area (Å²) < 4.78 is 0. The first-order valence-corrected chi connectivity index (χ1v) is 4.14. The molecule has 0 aromatic heterocycles. The summed E-state index contributed by atoms with van der Waals surface area (Å²) in [7, 11) is 0. The molecule has 58 valence electrons. The Morgan fingerprint density at radius 3 is 2.50 bits per heavy atom. The molecule has 2 saturated carbocycles. The fourth-order valence-electron chi connectivity index (χ4n) is 2.71. The van der Waals surface area contributed by atoms with Crippen molar-refractivity contribution in [3.8, 4) is 0 Å². The maximum Gasteiger partial charge on any atom is 0.0722 e. The predicted octanol–water partition coefficient (Wildman–Crippen LogP) is 0.350. The molecule has 0 radical (unpaired) electrons. The monoisotopic (exact) mass is 141 g/mol. The molecule has 2 heteroatoms. The lowest BCUT2D eigenvalue weighted by Gasteiger charge is -2.27. The number of rotatable bonds is 0. The molecule has 2 bridgehead atoms. The number of hydrogen-bond donors (Lipinski definition) is 2. The molecule has 3 N–H and O–H groups in total. The average Bonchev–Trinajstić information content (AvgIpc) is 2.36. The van der Waals surface area contributed by atoms with E-state index in [2.05, 4.69) is 6.92 Å². The minimum Gasteiger partial charge on any atom is -0.391 e. The van der Waals surface area contributed by atoms with Crippen LogP contribution in [0.25, 0.3) is 0 Å². The van der Waals surface area contributed by atoms with Gasteiger partial charge in [-0.15, -0.1) is 0 Å². The molecule has 0 heterocycles. The largest absolute Gasteiger partial charge is 0.391 e. The van der Waals surface area contributed by atoms with Gasteiger partial charge in [0, 0.05) is 6.04 Å². The molecule has 0 aromatic carbocycles. The zero-order chi connectivity index (χ0) is 7.30. The summed E-state index contributed by atoms with van der Waals surface area (Å²) in [5.41, 5.74) is 5.80. The van der Waals surface area contributed by atoms with Gasteiger partial charge in [0.25, 0.3) is 0 Å². The molecule has 2 aliphatic carbocycles. The molecule has 5 unspecified atom stereocenters. The molecule has 2 aliphatic rings. The van der Waals surface area contributed by atoms with Crippen LogP contribution in [0.3, 0.4) is 0 Å². The van der Waals surface area contributed by atoms with E-state index >= 15 is 0 Å². The average molecular weight is 141 g/mol. The van der Waals surface area contributed by atoms with Gasteiger partial charge in [0.1, 0.15) is 0 Å². The van der Waals surface area contributed by atoms with Crippen LogP contribution in [-0.2, 0) is 0 Å². The van der Waals surface area contributed by atoms with Gasteiger partial charge < -0.3 is 10.8 Å². The zero-order valence-electron chi connectivity index (χ0n) is 6.33. The summed E-state index contributed by atoms with van der Waals surface area (Å²) in [6.45, 7) is 2.25. The molecule has 0 spiro atoms.